The molecule has 3 heterocycles. The van der Waals surface area contributed by atoms with Crippen molar-refractivity contribution in [3.05, 3.63) is 53.5 Å². The summed E-state index contributed by atoms with van der Waals surface area (Å²) in [7, 11) is 1.78. The number of hydrogen-bond acceptors (Lipinski definition) is 5. The van der Waals surface area contributed by atoms with Crippen molar-refractivity contribution in [2.24, 2.45) is 13.0 Å². The summed E-state index contributed by atoms with van der Waals surface area (Å²) < 4.78 is 13.4. The highest BCUT2D eigenvalue weighted by molar-refractivity contribution is 5.99. The van der Waals surface area contributed by atoms with Crippen LogP contribution in [0.3, 0.4) is 0 Å². The van der Waals surface area contributed by atoms with E-state index in [1.54, 1.807) is 24.1 Å². The van der Waals surface area contributed by atoms with Crippen LogP contribution in [0, 0.1) is 5.92 Å². The van der Waals surface area contributed by atoms with Crippen LogP contribution in [0.5, 0.6) is 0 Å². The highest BCUT2D eigenvalue weighted by atomic mass is 16.5. The third kappa shape index (κ3) is 4.85. The standard InChI is InChI=1S/C24H30N4O4/c1-16(2)31-15-20-19-6-4-5-7-21(19)32-22(20)24(30)28-10-8-17(9-11-28)12-25-23(29)18-13-26-27(3)14-18/h4-7,13-14,16-17H,8-12,15H2,1-3H3,(H,25,29). The number of aryl methyl sites for hydroxylation is 1. The number of likely N-dealkylation sites (tertiary alicyclic amines) is 1. The van der Waals surface area contributed by atoms with Crippen molar-refractivity contribution in [1.29, 1.82) is 0 Å². The van der Waals surface area contributed by atoms with Crippen molar-refractivity contribution >= 4 is 22.8 Å². The summed E-state index contributed by atoms with van der Waals surface area (Å²) in [6.07, 6.45) is 4.98. The Morgan fingerprint density at radius 2 is 2.00 bits per heavy atom. The second-order valence-electron chi connectivity index (χ2n) is 8.61. The van der Waals surface area contributed by atoms with Crippen LogP contribution in [-0.4, -0.2) is 52.2 Å². The van der Waals surface area contributed by atoms with Gasteiger partial charge in [0.25, 0.3) is 11.8 Å². The van der Waals surface area contributed by atoms with E-state index in [1.807, 2.05) is 43.0 Å². The third-order valence-corrected chi connectivity index (χ3v) is 5.87. The van der Waals surface area contributed by atoms with Crippen molar-refractivity contribution < 1.29 is 18.7 Å². The van der Waals surface area contributed by atoms with Gasteiger partial charge in [-0.2, -0.15) is 5.10 Å². The number of hydrogen-bond donors (Lipinski definition) is 1. The number of nitrogens with zero attached hydrogens (tertiary/aromatic N) is 3. The lowest BCUT2D eigenvalue weighted by Gasteiger charge is -2.31. The van der Waals surface area contributed by atoms with Gasteiger partial charge in [-0.05, 0) is 38.7 Å². The number of piperidine rings is 1. The van der Waals surface area contributed by atoms with Gasteiger partial charge in [-0.3, -0.25) is 14.3 Å². The fourth-order valence-electron chi connectivity index (χ4n) is 4.03. The van der Waals surface area contributed by atoms with E-state index >= 15 is 0 Å². The average Bonchev–Trinajstić information content (AvgIpc) is 3.39. The largest absolute Gasteiger partial charge is 0.451 e. The zero-order valence-electron chi connectivity index (χ0n) is 18.8. The molecule has 32 heavy (non-hydrogen) atoms. The fraction of sp³-hybridized carbons (Fsp3) is 0.458. The molecule has 2 amide bonds. The minimum Gasteiger partial charge on any atom is -0.451 e. The maximum atomic E-state index is 13.3. The Balaban J connectivity index is 1.37. The van der Waals surface area contributed by atoms with E-state index < -0.39 is 0 Å². The Kier molecular flexibility index (Phi) is 6.60. The molecule has 8 nitrogen and oxygen atoms in total. The van der Waals surface area contributed by atoms with Crippen LogP contribution in [0.15, 0.2) is 41.1 Å². The number of carbonyl (C=O) groups excluding carboxylic acids is 2. The van der Waals surface area contributed by atoms with Gasteiger partial charge in [0.05, 0.1) is 24.5 Å². The van der Waals surface area contributed by atoms with Crippen LogP contribution >= 0.6 is 0 Å². The van der Waals surface area contributed by atoms with E-state index in [2.05, 4.69) is 10.4 Å². The molecule has 0 aliphatic carbocycles. The molecule has 1 aliphatic rings. The van der Waals surface area contributed by atoms with E-state index in [0.29, 0.717) is 49.1 Å². The van der Waals surface area contributed by atoms with E-state index in [-0.39, 0.29) is 17.9 Å². The van der Waals surface area contributed by atoms with Gasteiger partial charge in [0.1, 0.15) is 5.58 Å². The molecule has 0 spiro atoms. The summed E-state index contributed by atoms with van der Waals surface area (Å²) >= 11 is 0. The lowest BCUT2D eigenvalue weighted by molar-refractivity contribution is 0.0584. The number of nitrogens with one attached hydrogen (secondary N) is 1. The maximum absolute atomic E-state index is 13.3. The molecule has 0 unspecified atom stereocenters. The van der Waals surface area contributed by atoms with Crippen LogP contribution in [0.25, 0.3) is 11.0 Å². The predicted molar refractivity (Wildman–Crippen MR) is 120 cm³/mol. The highest BCUT2D eigenvalue weighted by Gasteiger charge is 2.29. The maximum Gasteiger partial charge on any atom is 0.289 e. The SMILES string of the molecule is CC(C)OCc1c(C(=O)N2CCC(CNC(=O)c3cnn(C)c3)CC2)oc2ccccc12. The monoisotopic (exact) mass is 438 g/mol. The molecule has 0 atom stereocenters. The Morgan fingerprint density at radius 3 is 2.69 bits per heavy atom. The molecular weight excluding hydrogens is 408 g/mol. The molecule has 1 N–H and O–H groups in total. The Morgan fingerprint density at radius 1 is 1.25 bits per heavy atom. The zero-order chi connectivity index (χ0) is 22.7. The van der Waals surface area contributed by atoms with Crippen LogP contribution in [-0.2, 0) is 18.4 Å². The molecule has 4 rings (SSSR count). The van der Waals surface area contributed by atoms with Crippen LogP contribution in [0.1, 0.15) is 53.2 Å². The van der Waals surface area contributed by atoms with Gasteiger partial charge < -0.3 is 19.4 Å². The van der Waals surface area contributed by atoms with Gasteiger partial charge in [-0.25, -0.2) is 0 Å². The fourth-order valence-corrected chi connectivity index (χ4v) is 4.03. The molecule has 0 radical (unpaired) electrons. The third-order valence-electron chi connectivity index (χ3n) is 5.87. The first kappa shape index (κ1) is 22.1. The minimum absolute atomic E-state index is 0.0595. The summed E-state index contributed by atoms with van der Waals surface area (Å²) in [5, 5.41) is 7.93. The number of aromatic nitrogens is 2. The number of ether oxygens (including phenoxy) is 1. The molecule has 8 heteroatoms. The summed E-state index contributed by atoms with van der Waals surface area (Å²) in [4.78, 5) is 27.4. The Hall–Kier alpha value is -3.13. The first-order chi connectivity index (χ1) is 15.4. The average molecular weight is 439 g/mol. The summed E-state index contributed by atoms with van der Waals surface area (Å²) in [5.74, 6) is 0.490. The molecule has 1 aromatic carbocycles. The first-order valence-electron chi connectivity index (χ1n) is 11.1. The molecule has 1 saturated heterocycles. The predicted octanol–water partition coefficient (Wildman–Crippen LogP) is 3.37. The van der Waals surface area contributed by atoms with Crippen molar-refractivity contribution in [3.8, 4) is 0 Å². The van der Waals surface area contributed by atoms with Crippen LogP contribution in [0.2, 0.25) is 0 Å². The summed E-state index contributed by atoms with van der Waals surface area (Å²) in [6.45, 7) is 6.14. The topological polar surface area (TPSA) is 89.6 Å². The van der Waals surface area contributed by atoms with E-state index in [1.165, 1.54) is 0 Å². The minimum atomic E-state index is -0.117. The molecule has 1 fully saturated rings. The number of fused-ring (bicyclic) bond motifs is 1. The number of rotatable bonds is 7. The van der Waals surface area contributed by atoms with Gasteiger partial charge in [-0.1, -0.05) is 18.2 Å². The smallest absolute Gasteiger partial charge is 0.289 e. The quantitative estimate of drug-likeness (QED) is 0.611. The highest BCUT2D eigenvalue weighted by Crippen LogP contribution is 2.29. The number of carbonyl (C=O) groups is 2. The molecule has 3 aromatic rings. The normalized spacial score (nSPS) is 14.9. The van der Waals surface area contributed by atoms with Gasteiger partial charge >= 0.3 is 0 Å². The van der Waals surface area contributed by atoms with E-state index in [9.17, 15) is 9.59 Å². The number of benzene rings is 1. The molecule has 170 valence electrons. The lowest BCUT2D eigenvalue weighted by atomic mass is 9.96. The molecule has 1 aliphatic heterocycles. The van der Waals surface area contributed by atoms with Gasteiger partial charge in [0.15, 0.2) is 5.76 Å². The summed E-state index contributed by atoms with van der Waals surface area (Å²) in [6, 6.07) is 7.68. The van der Waals surface area contributed by atoms with E-state index in [4.69, 9.17) is 9.15 Å². The second-order valence-corrected chi connectivity index (χ2v) is 8.61. The van der Waals surface area contributed by atoms with Gasteiger partial charge in [0.2, 0.25) is 0 Å². The first-order valence-corrected chi connectivity index (χ1v) is 11.1. The Bertz CT molecular complexity index is 1090. The van der Waals surface area contributed by atoms with Crippen LogP contribution in [0.4, 0.5) is 0 Å². The number of amides is 2. The number of para-hydroxylation sites is 1. The van der Waals surface area contributed by atoms with Gasteiger partial charge in [0, 0.05) is 43.8 Å². The van der Waals surface area contributed by atoms with E-state index in [0.717, 1.165) is 23.8 Å². The molecular formula is C24H30N4O4. The lowest BCUT2D eigenvalue weighted by Crippen LogP contribution is -2.41. The van der Waals surface area contributed by atoms with Crippen molar-refractivity contribution in [1.82, 2.24) is 20.0 Å². The summed E-state index contributed by atoms with van der Waals surface area (Å²) in [5.41, 5.74) is 2.07. The van der Waals surface area contributed by atoms with Crippen molar-refractivity contribution in [2.75, 3.05) is 19.6 Å². The molecule has 0 bridgehead atoms. The van der Waals surface area contributed by atoms with Crippen molar-refractivity contribution in [2.45, 2.75) is 39.4 Å². The van der Waals surface area contributed by atoms with Crippen molar-refractivity contribution in [3.63, 3.8) is 0 Å². The molecule has 0 saturated carbocycles. The molecule has 2 aromatic heterocycles. The second kappa shape index (κ2) is 9.56. The zero-order valence-corrected chi connectivity index (χ0v) is 18.8. The number of furan rings is 1. The Labute approximate surface area is 187 Å². The van der Waals surface area contributed by atoms with Crippen LogP contribution < -0.4 is 5.32 Å². The van der Waals surface area contributed by atoms with Gasteiger partial charge in [-0.15, -0.1) is 0 Å².